The predicted octanol–water partition coefficient (Wildman–Crippen LogP) is 4.72. The molecular weight excluding hydrogens is 412 g/mol. The number of Topliss-reactive ketones (excluding diaryl/α,β-unsaturated/α-hetero) is 1. The van der Waals surface area contributed by atoms with Gasteiger partial charge in [0.15, 0.2) is 10.9 Å². The molecule has 31 heavy (non-hydrogen) atoms. The van der Waals surface area contributed by atoms with Crippen molar-refractivity contribution >= 4 is 28.4 Å². The number of benzene rings is 2. The van der Waals surface area contributed by atoms with E-state index in [9.17, 15) is 9.59 Å². The fraction of sp³-hybridized carbons (Fsp3) is 0.375. The zero-order chi connectivity index (χ0) is 22.4. The molecule has 164 valence electrons. The third-order valence-electron chi connectivity index (χ3n) is 4.85. The Labute approximate surface area is 186 Å². The van der Waals surface area contributed by atoms with E-state index in [1.54, 1.807) is 36.8 Å². The number of thioether (sulfide) groups is 1. The van der Waals surface area contributed by atoms with Crippen LogP contribution in [0.1, 0.15) is 43.1 Å². The van der Waals surface area contributed by atoms with Gasteiger partial charge in [-0.2, -0.15) is 0 Å². The summed E-state index contributed by atoms with van der Waals surface area (Å²) in [6.07, 6.45) is 0.871. The molecule has 0 spiro atoms. The smallest absolute Gasteiger partial charge is 0.262 e. The molecule has 0 aliphatic rings. The van der Waals surface area contributed by atoms with Crippen LogP contribution in [0.3, 0.4) is 0 Å². The number of carbonyl (C=O) groups is 1. The summed E-state index contributed by atoms with van der Waals surface area (Å²) in [6.45, 7) is 6.63. The molecule has 1 aromatic heterocycles. The molecule has 0 bridgehead atoms. The first-order chi connectivity index (χ1) is 14.9. The molecule has 7 heteroatoms. The minimum absolute atomic E-state index is 0.000191. The maximum atomic E-state index is 13.2. The van der Waals surface area contributed by atoms with Crippen LogP contribution in [-0.2, 0) is 17.0 Å². The van der Waals surface area contributed by atoms with Gasteiger partial charge in [0, 0.05) is 30.0 Å². The third kappa shape index (κ3) is 5.74. The zero-order valence-corrected chi connectivity index (χ0v) is 19.2. The van der Waals surface area contributed by atoms with Crippen LogP contribution in [0.25, 0.3) is 10.9 Å². The number of nitrogens with zero attached hydrogens (tertiary/aromatic N) is 2. The average molecular weight is 441 g/mol. The summed E-state index contributed by atoms with van der Waals surface area (Å²) in [5.74, 6) is 1.23. The summed E-state index contributed by atoms with van der Waals surface area (Å²) < 4.78 is 12.8. The Morgan fingerprint density at radius 2 is 1.97 bits per heavy atom. The second kappa shape index (κ2) is 10.6. The van der Waals surface area contributed by atoms with Gasteiger partial charge >= 0.3 is 0 Å². The number of ketones is 1. The highest BCUT2D eigenvalue weighted by Gasteiger charge is 2.14. The summed E-state index contributed by atoms with van der Waals surface area (Å²) in [6, 6.07) is 12.8. The van der Waals surface area contributed by atoms with Crippen molar-refractivity contribution in [1.29, 1.82) is 0 Å². The van der Waals surface area contributed by atoms with Crippen molar-refractivity contribution in [3.8, 4) is 5.75 Å². The van der Waals surface area contributed by atoms with Gasteiger partial charge < -0.3 is 9.47 Å². The molecule has 2 aromatic carbocycles. The lowest BCUT2D eigenvalue weighted by molar-refractivity contribution is 0.0743. The number of hydrogen-bond acceptors (Lipinski definition) is 6. The van der Waals surface area contributed by atoms with Crippen LogP contribution >= 0.6 is 11.8 Å². The van der Waals surface area contributed by atoms with Crippen molar-refractivity contribution in [1.82, 2.24) is 9.55 Å². The number of para-hydroxylation sites is 1. The van der Waals surface area contributed by atoms with E-state index in [1.165, 1.54) is 11.8 Å². The Morgan fingerprint density at radius 3 is 2.68 bits per heavy atom. The van der Waals surface area contributed by atoms with Crippen LogP contribution in [0.15, 0.2) is 52.4 Å². The number of ether oxygens (including phenoxy) is 2. The first-order valence-electron chi connectivity index (χ1n) is 10.3. The molecule has 1 heterocycles. The van der Waals surface area contributed by atoms with Gasteiger partial charge in [0.25, 0.3) is 5.56 Å². The quantitative estimate of drug-likeness (QED) is 0.197. The second-order valence-corrected chi connectivity index (χ2v) is 8.46. The van der Waals surface area contributed by atoms with Crippen molar-refractivity contribution in [3.63, 3.8) is 0 Å². The molecule has 0 fully saturated rings. The molecule has 0 unspecified atom stereocenters. The highest BCUT2D eigenvalue weighted by Crippen LogP contribution is 2.28. The lowest BCUT2D eigenvalue weighted by atomic mass is 10.1. The highest BCUT2D eigenvalue weighted by molar-refractivity contribution is 7.98. The Kier molecular flexibility index (Phi) is 7.87. The van der Waals surface area contributed by atoms with E-state index in [-0.39, 0.29) is 17.4 Å². The van der Waals surface area contributed by atoms with Gasteiger partial charge in [0.05, 0.1) is 24.1 Å². The van der Waals surface area contributed by atoms with E-state index in [1.807, 2.05) is 38.1 Å². The van der Waals surface area contributed by atoms with Crippen molar-refractivity contribution < 1.29 is 14.3 Å². The molecule has 0 saturated heterocycles. The molecule has 3 aromatic rings. The Hall–Kier alpha value is -2.64. The van der Waals surface area contributed by atoms with Crippen LogP contribution in [0.2, 0.25) is 0 Å². The molecule has 0 aliphatic carbocycles. The van der Waals surface area contributed by atoms with Crippen molar-refractivity contribution in [2.24, 2.45) is 0 Å². The fourth-order valence-corrected chi connectivity index (χ4v) is 4.25. The number of carbonyl (C=O) groups excluding carboxylic acids is 1. The molecule has 0 atom stereocenters. The molecule has 0 amide bonds. The minimum Gasteiger partial charge on any atom is -0.496 e. The summed E-state index contributed by atoms with van der Waals surface area (Å²) in [7, 11) is 1.61. The Bertz CT molecular complexity index is 1120. The normalized spacial score (nSPS) is 11.3. The maximum Gasteiger partial charge on any atom is 0.262 e. The van der Waals surface area contributed by atoms with Gasteiger partial charge in [0.2, 0.25) is 0 Å². The number of hydrogen-bond donors (Lipinski definition) is 0. The number of methoxy groups -OCH3 is 1. The van der Waals surface area contributed by atoms with E-state index in [0.29, 0.717) is 46.3 Å². The first-order valence-corrected chi connectivity index (χ1v) is 11.3. The number of aromatic nitrogens is 2. The molecule has 0 radical (unpaired) electrons. The molecule has 0 aliphatic heterocycles. The largest absolute Gasteiger partial charge is 0.496 e. The van der Waals surface area contributed by atoms with E-state index >= 15 is 0 Å². The van der Waals surface area contributed by atoms with Gasteiger partial charge in [-0.05, 0) is 57.5 Å². The van der Waals surface area contributed by atoms with Gasteiger partial charge in [-0.15, -0.1) is 0 Å². The van der Waals surface area contributed by atoms with E-state index in [4.69, 9.17) is 14.5 Å². The minimum atomic E-state index is -0.0536. The van der Waals surface area contributed by atoms with E-state index in [2.05, 4.69) is 0 Å². The number of rotatable bonds is 10. The lowest BCUT2D eigenvalue weighted by Gasteiger charge is -2.15. The third-order valence-corrected chi connectivity index (χ3v) is 5.87. The van der Waals surface area contributed by atoms with Crippen LogP contribution in [0.5, 0.6) is 5.75 Å². The summed E-state index contributed by atoms with van der Waals surface area (Å²) in [5, 5.41) is 1.25. The topological polar surface area (TPSA) is 70.4 Å². The summed E-state index contributed by atoms with van der Waals surface area (Å²) >= 11 is 1.46. The Balaban J connectivity index is 1.91. The monoisotopic (exact) mass is 440 g/mol. The average Bonchev–Trinajstić information content (AvgIpc) is 2.76. The van der Waals surface area contributed by atoms with Crippen molar-refractivity contribution in [3.05, 3.63) is 63.9 Å². The standard InChI is InChI=1S/C24H28N2O4S/c1-16(2)30-13-7-12-26-23(28)20-8-5-6-9-21(20)25-24(26)31-15-19-14-18(17(3)27)10-11-22(19)29-4/h5-6,8-11,14,16H,7,12-13,15H2,1-4H3. The summed E-state index contributed by atoms with van der Waals surface area (Å²) in [4.78, 5) is 29.7. The van der Waals surface area contributed by atoms with E-state index < -0.39 is 0 Å². The Morgan fingerprint density at radius 1 is 1.19 bits per heavy atom. The van der Waals surface area contributed by atoms with Gasteiger partial charge in [-0.3, -0.25) is 14.2 Å². The van der Waals surface area contributed by atoms with Crippen LogP contribution in [0.4, 0.5) is 0 Å². The van der Waals surface area contributed by atoms with Crippen LogP contribution in [-0.4, -0.2) is 35.2 Å². The lowest BCUT2D eigenvalue weighted by Crippen LogP contribution is -2.24. The molecule has 0 N–H and O–H groups in total. The van der Waals surface area contributed by atoms with Crippen molar-refractivity contribution in [2.45, 2.75) is 50.8 Å². The van der Waals surface area contributed by atoms with Gasteiger partial charge in [0.1, 0.15) is 5.75 Å². The molecular formula is C24H28N2O4S. The molecule has 0 saturated carbocycles. The highest BCUT2D eigenvalue weighted by atomic mass is 32.2. The zero-order valence-electron chi connectivity index (χ0n) is 18.4. The number of fused-ring (bicyclic) bond motifs is 1. The second-order valence-electron chi connectivity index (χ2n) is 7.51. The maximum absolute atomic E-state index is 13.2. The van der Waals surface area contributed by atoms with Gasteiger partial charge in [-0.1, -0.05) is 23.9 Å². The van der Waals surface area contributed by atoms with Crippen molar-refractivity contribution in [2.75, 3.05) is 13.7 Å². The molecule has 6 nitrogen and oxygen atoms in total. The van der Waals surface area contributed by atoms with E-state index in [0.717, 1.165) is 12.0 Å². The van der Waals surface area contributed by atoms with Crippen LogP contribution in [0, 0.1) is 0 Å². The first kappa shape index (κ1) is 23.0. The predicted molar refractivity (Wildman–Crippen MR) is 124 cm³/mol. The molecule has 3 rings (SSSR count). The SMILES string of the molecule is COc1ccc(C(C)=O)cc1CSc1nc2ccccc2c(=O)n1CCCOC(C)C. The van der Waals surface area contributed by atoms with Gasteiger partial charge in [-0.25, -0.2) is 4.98 Å². The van der Waals surface area contributed by atoms with Crippen LogP contribution < -0.4 is 10.3 Å². The summed E-state index contributed by atoms with van der Waals surface area (Å²) in [5.41, 5.74) is 2.14. The fourth-order valence-electron chi connectivity index (χ4n) is 3.25.